The van der Waals surface area contributed by atoms with E-state index in [-0.39, 0.29) is 5.75 Å². The maximum atomic E-state index is 13.2. The normalized spacial score (nSPS) is 10.8. The lowest BCUT2D eigenvalue weighted by Crippen LogP contribution is -2.21. The van der Waals surface area contributed by atoms with Crippen molar-refractivity contribution >= 4 is 40.4 Å². The third-order valence-corrected chi connectivity index (χ3v) is 5.78. The Morgan fingerprint density at radius 3 is 2.70 bits per heavy atom. The van der Waals surface area contributed by atoms with Crippen LogP contribution in [-0.4, -0.2) is 33.8 Å². The molecule has 0 saturated carbocycles. The van der Waals surface area contributed by atoms with Gasteiger partial charge in [0.15, 0.2) is 11.8 Å². The van der Waals surface area contributed by atoms with Crippen molar-refractivity contribution < 1.29 is 18.7 Å². The van der Waals surface area contributed by atoms with E-state index in [0.29, 0.717) is 17.4 Å². The zero-order chi connectivity index (χ0) is 23.2. The van der Waals surface area contributed by atoms with Crippen molar-refractivity contribution in [2.45, 2.75) is 18.6 Å². The SMILES string of the molecule is Cc1cccc(Cn2c(SCC(=O)OCC(=O)Nc3cccc(F)c3)nc3ccccc32)c1. The molecular formula is C25H22FN3O3S. The van der Waals surface area contributed by atoms with Crippen LogP contribution in [0.3, 0.4) is 0 Å². The molecular weight excluding hydrogens is 441 g/mol. The highest BCUT2D eigenvalue weighted by Gasteiger charge is 2.15. The van der Waals surface area contributed by atoms with Crippen LogP contribution in [0.25, 0.3) is 11.0 Å². The summed E-state index contributed by atoms with van der Waals surface area (Å²) in [6.45, 7) is 2.22. The Labute approximate surface area is 194 Å². The number of hydrogen-bond donors (Lipinski definition) is 1. The Morgan fingerprint density at radius 1 is 1.06 bits per heavy atom. The molecule has 4 aromatic rings. The molecule has 33 heavy (non-hydrogen) atoms. The number of ether oxygens (including phenoxy) is 1. The number of anilines is 1. The first-order valence-electron chi connectivity index (χ1n) is 10.3. The fourth-order valence-electron chi connectivity index (χ4n) is 3.38. The summed E-state index contributed by atoms with van der Waals surface area (Å²) in [4.78, 5) is 28.9. The van der Waals surface area contributed by atoms with E-state index < -0.39 is 24.3 Å². The van der Waals surface area contributed by atoms with Gasteiger partial charge < -0.3 is 14.6 Å². The number of nitrogens with one attached hydrogen (secondary N) is 1. The molecule has 0 aliphatic heterocycles. The van der Waals surface area contributed by atoms with Gasteiger partial charge in [-0.05, 0) is 42.8 Å². The third-order valence-electron chi connectivity index (χ3n) is 4.83. The molecule has 0 atom stereocenters. The monoisotopic (exact) mass is 463 g/mol. The molecule has 0 radical (unpaired) electrons. The van der Waals surface area contributed by atoms with Crippen LogP contribution >= 0.6 is 11.8 Å². The molecule has 0 unspecified atom stereocenters. The summed E-state index contributed by atoms with van der Waals surface area (Å²) < 4.78 is 20.4. The predicted octanol–water partition coefficient (Wildman–Crippen LogP) is 4.81. The Balaban J connectivity index is 1.38. The van der Waals surface area contributed by atoms with Crippen LogP contribution in [0.2, 0.25) is 0 Å². The number of imidazole rings is 1. The summed E-state index contributed by atoms with van der Waals surface area (Å²) in [7, 11) is 0. The maximum absolute atomic E-state index is 13.2. The van der Waals surface area contributed by atoms with Gasteiger partial charge in [0.1, 0.15) is 5.82 Å². The fourth-order valence-corrected chi connectivity index (χ4v) is 4.20. The summed E-state index contributed by atoms with van der Waals surface area (Å²) >= 11 is 1.26. The minimum atomic E-state index is -0.538. The number of amides is 1. The van der Waals surface area contributed by atoms with Gasteiger partial charge in [0.25, 0.3) is 5.91 Å². The number of hydrogen-bond acceptors (Lipinski definition) is 5. The number of aryl methyl sites for hydroxylation is 1. The average molecular weight is 464 g/mol. The van der Waals surface area contributed by atoms with Crippen LogP contribution in [0.4, 0.5) is 10.1 Å². The molecule has 168 valence electrons. The second kappa shape index (κ2) is 10.3. The van der Waals surface area contributed by atoms with Crippen molar-refractivity contribution in [3.8, 4) is 0 Å². The molecule has 1 heterocycles. The van der Waals surface area contributed by atoms with E-state index in [2.05, 4.69) is 27.0 Å². The molecule has 4 rings (SSSR count). The van der Waals surface area contributed by atoms with E-state index in [0.717, 1.165) is 16.6 Å². The first-order valence-corrected chi connectivity index (χ1v) is 11.3. The number of carbonyl (C=O) groups is 2. The van der Waals surface area contributed by atoms with Gasteiger partial charge in [-0.25, -0.2) is 9.37 Å². The van der Waals surface area contributed by atoms with Gasteiger partial charge in [0.05, 0.1) is 23.3 Å². The minimum absolute atomic E-state index is 0.00435. The second-order valence-electron chi connectivity index (χ2n) is 7.47. The Morgan fingerprint density at radius 2 is 1.88 bits per heavy atom. The van der Waals surface area contributed by atoms with E-state index in [1.807, 2.05) is 43.3 Å². The minimum Gasteiger partial charge on any atom is -0.455 e. The zero-order valence-electron chi connectivity index (χ0n) is 18.0. The predicted molar refractivity (Wildman–Crippen MR) is 127 cm³/mol. The molecule has 1 amide bonds. The smallest absolute Gasteiger partial charge is 0.316 e. The fraction of sp³-hybridized carbons (Fsp3) is 0.160. The highest BCUT2D eigenvalue weighted by atomic mass is 32.2. The Bertz CT molecular complexity index is 1310. The van der Waals surface area contributed by atoms with Crippen LogP contribution in [0.5, 0.6) is 0 Å². The van der Waals surface area contributed by atoms with E-state index in [4.69, 9.17) is 4.74 Å². The van der Waals surface area contributed by atoms with Crippen molar-refractivity contribution in [2.75, 3.05) is 17.7 Å². The maximum Gasteiger partial charge on any atom is 0.316 e. The molecule has 0 bridgehead atoms. The Hall–Kier alpha value is -3.65. The zero-order valence-corrected chi connectivity index (χ0v) is 18.8. The summed E-state index contributed by atoms with van der Waals surface area (Å²) in [5, 5.41) is 3.18. The molecule has 0 spiro atoms. The first kappa shape index (κ1) is 22.5. The molecule has 0 aliphatic carbocycles. The molecule has 3 aromatic carbocycles. The van der Waals surface area contributed by atoms with Crippen molar-refractivity contribution in [2.24, 2.45) is 0 Å². The first-order chi connectivity index (χ1) is 16.0. The highest BCUT2D eigenvalue weighted by molar-refractivity contribution is 7.99. The van der Waals surface area contributed by atoms with Crippen molar-refractivity contribution in [3.63, 3.8) is 0 Å². The van der Waals surface area contributed by atoms with Crippen LogP contribution in [0.1, 0.15) is 11.1 Å². The lowest BCUT2D eigenvalue weighted by atomic mass is 10.1. The standard InChI is InChI=1S/C25H22FN3O3S/c1-17-6-4-7-18(12-17)14-29-22-11-3-2-10-21(22)28-25(29)33-16-24(31)32-15-23(30)27-20-9-5-8-19(26)13-20/h2-13H,14-16H2,1H3,(H,27,30). The van der Waals surface area contributed by atoms with Crippen LogP contribution in [-0.2, 0) is 20.9 Å². The number of benzene rings is 3. The van der Waals surface area contributed by atoms with Gasteiger partial charge in [0.2, 0.25) is 0 Å². The lowest BCUT2D eigenvalue weighted by molar-refractivity contribution is -0.144. The van der Waals surface area contributed by atoms with Crippen LogP contribution in [0, 0.1) is 12.7 Å². The van der Waals surface area contributed by atoms with Crippen molar-refractivity contribution in [1.29, 1.82) is 0 Å². The number of aromatic nitrogens is 2. The molecule has 0 saturated heterocycles. The number of esters is 1. The number of halogens is 1. The van der Waals surface area contributed by atoms with Gasteiger partial charge in [-0.2, -0.15) is 0 Å². The van der Waals surface area contributed by atoms with E-state index in [1.165, 1.54) is 35.5 Å². The average Bonchev–Trinajstić information content (AvgIpc) is 3.14. The number of rotatable bonds is 8. The number of nitrogens with zero attached hydrogens (tertiary/aromatic N) is 2. The number of para-hydroxylation sites is 2. The van der Waals surface area contributed by atoms with Crippen molar-refractivity contribution in [3.05, 3.63) is 89.7 Å². The molecule has 1 aromatic heterocycles. The van der Waals surface area contributed by atoms with E-state index >= 15 is 0 Å². The summed E-state index contributed by atoms with van der Waals surface area (Å²) in [6, 6.07) is 21.5. The van der Waals surface area contributed by atoms with Crippen molar-refractivity contribution in [1.82, 2.24) is 9.55 Å². The number of thioether (sulfide) groups is 1. The number of fused-ring (bicyclic) bond motifs is 1. The molecule has 1 N–H and O–H groups in total. The summed E-state index contributed by atoms with van der Waals surface area (Å²) in [5.74, 6) is -1.53. The topological polar surface area (TPSA) is 73.2 Å². The molecule has 0 fully saturated rings. The summed E-state index contributed by atoms with van der Waals surface area (Å²) in [5.41, 5.74) is 4.43. The largest absolute Gasteiger partial charge is 0.455 e. The lowest BCUT2D eigenvalue weighted by Gasteiger charge is -2.10. The summed E-state index contributed by atoms with van der Waals surface area (Å²) in [6.07, 6.45) is 0. The van der Waals surface area contributed by atoms with Crippen LogP contribution < -0.4 is 5.32 Å². The third kappa shape index (κ3) is 5.98. The van der Waals surface area contributed by atoms with Gasteiger partial charge in [-0.1, -0.05) is 59.8 Å². The highest BCUT2D eigenvalue weighted by Crippen LogP contribution is 2.25. The second-order valence-corrected chi connectivity index (χ2v) is 8.41. The van der Waals surface area contributed by atoms with Gasteiger partial charge in [-0.15, -0.1) is 0 Å². The Kier molecular flexibility index (Phi) is 7.04. The van der Waals surface area contributed by atoms with Gasteiger partial charge in [-0.3, -0.25) is 9.59 Å². The van der Waals surface area contributed by atoms with Gasteiger partial charge >= 0.3 is 5.97 Å². The van der Waals surface area contributed by atoms with E-state index in [9.17, 15) is 14.0 Å². The molecule has 8 heteroatoms. The number of carbonyl (C=O) groups excluding carboxylic acids is 2. The van der Waals surface area contributed by atoms with Crippen LogP contribution in [0.15, 0.2) is 78.0 Å². The molecule has 0 aliphatic rings. The molecule has 6 nitrogen and oxygen atoms in total. The quantitative estimate of drug-likeness (QED) is 0.300. The van der Waals surface area contributed by atoms with E-state index in [1.54, 1.807) is 6.07 Å². The van der Waals surface area contributed by atoms with Gasteiger partial charge in [0, 0.05) is 5.69 Å².